The maximum Gasteiger partial charge on any atom is 0.155 e. The molecule has 0 heterocycles. The molecule has 2 rings (SSSR count). The number of carbonyl (C=O) groups is 1. The molecule has 1 aromatic rings. The first-order valence-electron chi connectivity index (χ1n) is 5.75. The molecule has 84 valence electrons. The highest BCUT2D eigenvalue weighted by Crippen LogP contribution is 2.19. The van der Waals surface area contributed by atoms with Gasteiger partial charge in [0.25, 0.3) is 0 Å². The summed E-state index contributed by atoms with van der Waals surface area (Å²) in [5, 5.41) is 0. The van der Waals surface area contributed by atoms with E-state index in [0.29, 0.717) is 6.42 Å². The predicted octanol–water partition coefficient (Wildman–Crippen LogP) is 3.13. The number of allylic oxidation sites excluding steroid dienone is 2. The Bertz CT molecular complexity index is 379. The van der Waals surface area contributed by atoms with Crippen LogP contribution in [0.25, 0.3) is 0 Å². The van der Waals surface area contributed by atoms with Crippen LogP contribution in [0.15, 0.2) is 42.0 Å². The normalized spacial score (nSPS) is 15.0. The van der Waals surface area contributed by atoms with Crippen LogP contribution in [0.5, 0.6) is 5.75 Å². The molecular weight excluding hydrogens is 200 g/mol. The smallest absolute Gasteiger partial charge is 0.155 e. The van der Waals surface area contributed by atoms with Crippen molar-refractivity contribution in [1.82, 2.24) is 0 Å². The summed E-state index contributed by atoms with van der Waals surface area (Å²) in [6, 6.07) is 9.82. The Morgan fingerprint density at radius 2 is 1.94 bits per heavy atom. The fourth-order valence-corrected chi connectivity index (χ4v) is 1.86. The minimum absolute atomic E-state index is 0.277. The second kappa shape index (κ2) is 5.50. The number of hydrogen-bond donors (Lipinski definition) is 0. The summed E-state index contributed by atoms with van der Waals surface area (Å²) in [5.74, 6) is 1.19. The van der Waals surface area contributed by atoms with Crippen molar-refractivity contribution >= 4 is 5.78 Å². The van der Waals surface area contributed by atoms with Gasteiger partial charge in [-0.15, -0.1) is 0 Å². The van der Waals surface area contributed by atoms with E-state index in [1.165, 1.54) is 5.57 Å². The molecule has 0 radical (unpaired) electrons. The summed E-state index contributed by atoms with van der Waals surface area (Å²) in [4.78, 5) is 11.0. The molecule has 16 heavy (non-hydrogen) atoms. The third-order valence-corrected chi connectivity index (χ3v) is 2.71. The van der Waals surface area contributed by atoms with Gasteiger partial charge in [-0.2, -0.15) is 0 Å². The minimum Gasteiger partial charge on any atom is -0.494 e. The third kappa shape index (κ3) is 3.23. The maximum atomic E-state index is 11.0. The fourth-order valence-electron chi connectivity index (χ4n) is 1.86. The molecule has 1 aliphatic rings. The molecule has 0 bridgehead atoms. The number of rotatable bonds is 5. The average molecular weight is 216 g/mol. The highest BCUT2D eigenvalue weighted by atomic mass is 16.5. The lowest BCUT2D eigenvalue weighted by Crippen LogP contribution is -1.97. The van der Waals surface area contributed by atoms with E-state index in [2.05, 4.69) is 0 Å². The topological polar surface area (TPSA) is 26.3 Å². The summed E-state index contributed by atoms with van der Waals surface area (Å²) < 4.78 is 5.58. The van der Waals surface area contributed by atoms with Crippen LogP contribution in [0.4, 0.5) is 0 Å². The van der Waals surface area contributed by atoms with Crippen LogP contribution in [0, 0.1) is 0 Å². The Morgan fingerprint density at radius 3 is 2.62 bits per heavy atom. The summed E-state index contributed by atoms with van der Waals surface area (Å²) in [6.07, 6.45) is 5.41. The lowest BCUT2D eigenvalue weighted by Gasteiger charge is -2.05. The average Bonchev–Trinajstić information content (AvgIpc) is 2.72. The van der Waals surface area contributed by atoms with Gasteiger partial charge in [-0.05, 0) is 37.5 Å². The van der Waals surface area contributed by atoms with Gasteiger partial charge >= 0.3 is 0 Å². The molecule has 0 spiro atoms. The molecule has 0 amide bonds. The van der Waals surface area contributed by atoms with E-state index in [9.17, 15) is 4.79 Å². The minimum atomic E-state index is 0.277. The van der Waals surface area contributed by atoms with Gasteiger partial charge in [0.2, 0.25) is 0 Å². The van der Waals surface area contributed by atoms with E-state index in [-0.39, 0.29) is 5.78 Å². The van der Waals surface area contributed by atoms with E-state index in [1.54, 1.807) is 6.08 Å². The van der Waals surface area contributed by atoms with Crippen LogP contribution in [-0.4, -0.2) is 12.4 Å². The van der Waals surface area contributed by atoms with Gasteiger partial charge in [-0.25, -0.2) is 0 Å². The predicted molar refractivity (Wildman–Crippen MR) is 63.5 cm³/mol. The third-order valence-electron chi connectivity index (χ3n) is 2.71. The second-order valence-electron chi connectivity index (χ2n) is 4.03. The number of carbonyl (C=O) groups excluding carboxylic acids is 1. The van der Waals surface area contributed by atoms with Crippen molar-refractivity contribution in [3.63, 3.8) is 0 Å². The van der Waals surface area contributed by atoms with Crippen LogP contribution in [0.3, 0.4) is 0 Å². The molecule has 1 aliphatic carbocycles. The van der Waals surface area contributed by atoms with Crippen LogP contribution in [0.1, 0.15) is 25.7 Å². The summed E-state index contributed by atoms with van der Waals surface area (Å²) >= 11 is 0. The van der Waals surface area contributed by atoms with Crippen LogP contribution in [0.2, 0.25) is 0 Å². The number of ether oxygens (including phenoxy) is 1. The van der Waals surface area contributed by atoms with Crippen molar-refractivity contribution in [3.05, 3.63) is 42.0 Å². The van der Waals surface area contributed by atoms with Crippen molar-refractivity contribution in [3.8, 4) is 5.75 Å². The van der Waals surface area contributed by atoms with Crippen molar-refractivity contribution in [2.45, 2.75) is 25.7 Å². The second-order valence-corrected chi connectivity index (χ2v) is 4.03. The van der Waals surface area contributed by atoms with E-state index in [4.69, 9.17) is 4.74 Å². The van der Waals surface area contributed by atoms with E-state index >= 15 is 0 Å². The van der Waals surface area contributed by atoms with Crippen LogP contribution < -0.4 is 4.74 Å². The van der Waals surface area contributed by atoms with Gasteiger partial charge in [0.1, 0.15) is 5.75 Å². The Labute approximate surface area is 95.9 Å². The SMILES string of the molecule is O=C1C=C(CCCOc2ccccc2)CC1. The lowest BCUT2D eigenvalue weighted by atomic mass is 10.1. The molecule has 0 N–H and O–H groups in total. The van der Waals surface area contributed by atoms with Gasteiger partial charge in [-0.3, -0.25) is 4.79 Å². The van der Waals surface area contributed by atoms with Crippen molar-refractivity contribution in [2.75, 3.05) is 6.61 Å². The zero-order valence-electron chi connectivity index (χ0n) is 9.32. The molecule has 0 fully saturated rings. The number of para-hydroxylation sites is 1. The molecular formula is C14H16O2. The van der Waals surface area contributed by atoms with Crippen LogP contribution in [-0.2, 0) is 4.79 Å². The van der Waals surface area contributed by atoms with Gasteiger partial charge in [0.05, 0.1) is 6.61 Å². The summed E-state index contributed by atoms with van der Waals surface area (Å²) in [5.41, 5.74) is 1.28. The zero-order chi connectivity index (χ0) is 11.2. The highest BCUT2D eigenvalue weighted by Gasteiger charge is 2.10. The molecule has 0 unspecified atom stereocenters. The van der Waals surface area contributed by atoms with Gasteiger partial charge < -0.3 is 4.74 Å². The molecule has 0 saturated heterocycles. The number of ketones is 1. The Hall–Kier alpha value is -1.57. The fraction of sp³-hybridized carbons (Fsp3) is 0.357. The molecule has 1 aromatic carbocycles. The Balaban J connectivity index is 1.66. The molecule has 0 aromatic heterocycles. The quantitative estimate of drug-likeness (QED) is 0.707. The summed E-state index contributed by atoms with van der Waals surface area (Å²) in [6.45, 7) is 0.718. The standard InChI is InChI=1S/C14H16O2/c15-13-9-8-12(11-13)5-4-10-16-14-6-2-1-3-7-14/h1-3,6-7,11H,4-5,8-10H2. The molecule has 0 atom stereocenters. The van der Waals surface area contributed by atoms with E-state index in [0.717, 1.165) is 31.6 Å². The zero-order valence-corrected chi connectivity index (χ0v) is 9.32. The first kappa shape index (κ1) is 10.9. The van der Waals surface area contributed by atoms with Crippen LogP contribution >= 0.6 is 0 Å². The van der Waals surface area contributed by atoms with E-state index in [1.807, 2.05) is 30.3 Å². The number of hydrogen-bond acceptors (Lipinski definition) is 2. The Kier molecular flexibility index (Phi) is 3.76. The highest BCUT2D eigenvalue weighted by molar-refractivity contribution is 5.92. The van der Waals surface area contributed by atoms with Gasteiger partial charge in [0, 0.05) is 6.42 Å². The summed E-state index contributed by atoms with van der Waals surface area (Å²) in [7, 11) is 0. The molecule has 0 saturated carbocycles. The monoisotopic (exact) mass is 216 g/mol. The molecule has 2 heteroatoms. The van der Waals surface area contributed by atoms with Crippen molar-refractivity contribution in [1.29, 1.82) is 0 Å². The first-order valence-corrected chi connectivity index (χ1v) is 5.75. The molecule has 2 nitrogen and oxygen atoms in total. The van der Waals surface area contributed by atoms with E-state index < -0.39 is 0 Å². The van der Waals surface area contributed by atoms with Gasteiger partial charge in [0.15, 0.2) is 5.78 Å². The first-order chi connectivity index (χ1) is 7.84. The Morgan fingerprint density at radius 1 is 1.12 bits per heavy atom. The largest absolute Gasteiger partial charge is 0.494 e. The van der Waals surface area contributed by atoms with Gasteiger partial charge in [-0.1, -0.05) is 23.8 Å². The van der Waals surface area contributed by atoms with Crippen molar-refractivity contribution < 1.29 is 9.53 Å². The number of benzene rings is 1. The maximum absolute atomic E-state index is 11.0. The lowest BCUT2D eigenvalue weighted by molar-refractivity contribution is -0.114. The molecule has 0 aliphatic heterocycles. The van der Waals surface area contributed by atoms with Crippen molar-refractivity contribution in [2.24, 2.45) is 0 Å².